The second-order valence-corrected chi connectivity index (χ2v) is 6.90. The molecule has 1 aliphatic rings. The van der Waals surface area contributed by atoms with Gasteiger partial charge in [-0.2, -0.15) is 0 Å². The smallest absolute Gasteiger partial charge is 0.254 e. The number of likely N-dealkylation sites (tertiary alicyclic amines) is 1. The molecule has 0 radical (unpaired) electrons. The third-order valence-corrected chi connectivity index (χ3v) is 4.52. The fourth-order valence-electron chi connectivity index (χ4n) is 2.88. The molecule has 1 N–H and O–H groups in total. The Bertz CT molecular complexity index is 788. The van der Waals surface area contributed by atoms with Crippen LogP contribution in [0.25, 0.3) is 0 Å². The fourth-order valence-corrected chi connectivity index (χ4v) is 3.40. The minimum Gasteiger partial charge on any atom is -0.327 e. The number of pyridine rings is 1. The van der Waals surface area contributed by atoms with Crippen LogP contribution in [0.1, 0.15) is 28.8 Å². The second-order valence-electron chi connectivity index (χ2n) is 6.02. The van der Waals surface area contributed by atoms with Gasteiger partial charge in [0.05, 0.1) is 0 Å². The van der Waals surface area contributed by atoms with Crippen LogP contribution >= 0.6 is 23.2 Å². The lowest BCUT2D eigenvalue weighted by Crippen LogP contribution is -2.43. The largest absolute Gasteiger partial charge is 0.327 e. The summed E-state index contributed by atoms with van der Waals surface area (Å²) < 4.78 is 0. The first kappa shape index (κ1) is 17.7. The summed E-state index contributed by atoms with van der Waals surface area (Å²) in [4.78, 5) is 31.1. The maximum Gasteiger partial charge on any atom is 0.254 e. The summed E-state index contributed by atoms with van der Waals surface area (Å²) in [5.74, 6) is -0.0186. The van der Waals surface area contributed by atoms with Gasteiger partial charge in [0.15, 0.2) is 0 Å². The maximum absolute atomic E-state index is 12.8. The third-order valence-electron chi connectivity index (χ3n) is 4.09. The minimum absolute atomic E-state index is 0.240. The molecule has 2 aromatic rings. The molecule has 0 spiro atoms. The molecule has 7 heteroatoms. The summed E-state index contributed by atoms with van der Waals surface area (Å²) in [7, 11) is 0. The van der Waals surface area contributed by atoms with E-state index in [2.05, 4.69) is 10.3 Å². The third kappa shape index (κ3) is 4.11. The highest BCUT2D eigenvalue weighted by Crippen LogP contribution is 2.25. The van der Waals surface area contributed by atoms with Crippen LogP contribution in [-0.4, -0.2) is 34.3 Å². The van der Waals surface area contributed by atoms with E-state index in [9.17, 15) is 9.59 Å². The molecule has 1 saturated heterocycles. The summed E-state index contributed by atoms with van der Waals surface area (Å²) in [6.07, 6.45) is 3.05. The summed E-state index contributed by atoms with van der Waals surface area (Å²) >= 11 is 12.0. The maximum atomic E-state index is 12.8. The van der Waals surface area contributed by atoms with E-state index in [1.165, 1.54) is 0 Å². The Labute approximate surface area is 155 Å². The molecular weight excluding hydrogens is 361 g/mol. The molecule has 0 unspecified atom stereocenters. The number of hydrogen-bond donors (Lipinski definition) is 1. The van der Waals surface area contributed by atoms with Gasteiger partial charge >= 0.3 is 0 Å². The van der Waals surface area contributed by atoms with Gasteiger partial charge in [-0.15, -0.1) is 0 Å². The van der Waals surface area contributed by atoms with Crippen molar-refractivity contribution in [1.29, 1.82) is 0 Å². The van der Waals surface area contributed by atoms with Gasteiger partial charge in [-0.05, 0) is 49.6 Å². The van der Waals surface area contributed by atoms with Crippen LogP contribution in [0.2, 0.25) is 10.0 Å². The highest BCUT2D eigenvalue weighted by atomic mass is 35.5. The Kier molecular flexibility index (Phi) is 5.25. The van der Waals surface area contributed by atoms with E-state index in [1.807, 2.05) is 13.0 Å². The number of benzene rings is 1. The monoisotopic (exact) mass is 377 g/mol. The van der Waals surface area contributed by atoms with E-state index in [4.69, 9.17) is 23.2 Å². The molecule has 1 aliphatic heterocycles. The zero-order valence-electron chi connectivity index (χ0n) is 13.6. The van der Waals surface area contributed by atoms with Crippen molar-refractivity contribution in [2.75, 3.05) is 11.9 Å². The summed E-state index contributed by atoms with van der Waals surface area (Å²) in [6, 6.07) is 7.76. The number of carbonyl (C=O) groups is 2. The van der Waals surface area contributed by atoms with Crippen molar-refractivity contribution in [3.63, 3.8) is 0 Å². The predicted molar refractivity (Wildman–Crippen MR) is 98.1 cm³/mol. The number of rotatable bonds is 3. The molecule has 2 amide bonds. The lowest BCUT2D eigenvalue weighted by molar-refractivity contribution is -0.119. The van der Waals surface area contributed by atoms with Crippen LogP contribution in [0, 0.1) is 6.92 Å². The number of carbonyl (C=O) groups excluding carboxylic acids is 2. The van der Waals surface area contributed by atoms with Gasteiger partial charge in [0.1, 0.15) is 11.9 Å². The highest BCUT2D eigenvalue weighted by molar-refractivity contribution is 6.35. The lowest BCUT2D eigenvalue weighted by Gasteiger charge is -2.24. The van der Waals surface area contributed by atoms with Crippen molar-refractivity contribution in [3.05, 3.63) is 57.7 Å². The van der Waals surface area contributed by atoms with E-state index in [1.54, 1.807) is 35.4 Å². The molecule has 3 rings (SSSR count). The Morgan fingerprint density at radius 3 is 2.56 bits per heavy atom. The Morgan fingerprint density at radius 1 is 1.20 bits per heavy atom. The average Bonchev–Trinajstić information content (AvgIpc) is 3.05. The van der Waals surface area contributed by atoms with E-state index in [-0.39, 0.29) is 11.8 Å². The van der Waals surface area contributed by atoms with Crippen molar-refractivity contribution >= 4 is 40.8 Å². The van der Waals surface area contributed by atoms with Crippen LogP contribution < -0.4 is 5.32 Å². The fraction of sp³-hybridized carbons (Fsp3) is 0.278. The molecule has 25 heavy (non-hydrogen) atoms. The van der Waals surface area contributed by atoms with E-state index in [0.717, 1.165) is 12.0 Å². The van der Waals surface area contributed by atoms with Crippen LogP contribution in [0.4, 0.5) is 5.82 Å². The van der Waals surface area contributed by atoms with Gasteiger partial charge in [0, 0.05) is 28.4 Å². The molecule has 1 atom stereocenters. The molecule has 5 nitrogen and oxygen atoms in total. The van der Waals surface area contributed by atoms with Gasteiger partial charge in [0.25, 0.3) is 5.91 Å². The molecule has 1 fully saturated rings. The average molecular weight is 378 g/mol. The van der Waals surface area contributed by atoms with Gasteiger partial charge in [-0.3, -0.25) is 9.59 Å². The quantitative estimate of drug-likeness (QED) is 0.880. The van der Waals surface area contributed by atoms with Gasteiger partial charge < -0.3 is 10.2 Å². The first-order chi connectivity index (χ1) is 11.9. The molecule has 0 bridgehead atoms. The van der Waals surface area contributed by atoms with Crippen molar-refractivity contribution < 1.29 is 9.59 Å². The van der Waals surface area contributed by atoms with Gasteiger partial charge in [-0.25, -0.2) is 4.98 Å². The summed E-state index contributed by atoms with van der Waals surface area (Å²) in [6.45, 7) is 2.44. The zero-order chi connectivity index (χ0) is 18.0. The Morgan fingerprint density at radius 2 is 1.92 bits per heavy atom. The molecule has 130 valence electrons. The molecule has 2 heterocycles. The van der Waals surface area contributed by atoms with Gasteiger partial charge in [-0.1, -0.05) is 29.3 Å². The Hall–Kier alpha value is -2.11. The number of aryl methyl sites for hydroxylation is 1. The topological polar surface area (TPSA) is 62.3 Å². The van der Waals surface area contributed by atoms with Crippen molar-refractivity contribution in [2.45, 2.75) is 25.8 Å². The van der Waals surface area contributed by atoms with E-state index in [0.29, 0.717) is 34.4 Å². The number of aromatic nitrogens is 1. The second kappa shape index (κ2) is 7.42. The van der Waals surface area contributed by atoms with E-state index >= 15 is 0 Å². The minimum atomic E-state index is -0.534. The highest BCUT2D eigenvalue weighted by Gasteiger charge is 2.34. The van der Waals surface area contributed by atoms with Gasteiger partial charge in [0.2, 0.25) is 5.91 Å². The number of hydrogen-bond acceptors (Lipinski definition) is 3. The van der Waals surface area contributed by atoms with Crippen molar-refractivity contribution in [3.8, 4) is 0 Å². The van der Waals surface area contributed by atoms with Crippen molar-refractivity contribution in [1.82, 2.24) is 9.88 Å². The molecule has 1 aromatic carbocycles. The normalized spacial score (nSPS) is 16.8. The number of halogens is 2. The van der Waals surface area contributed by atoms with Crippen molar-refractivity contribution in [2.24, 2.45) is 0 Å². The first-order valence-corrected chi connectivity index (χ1v) is 8.70. The van der Waals surface area contributed by atoms with E-state index < -0.39 is 6.04 Å². The van der Waals surface area contributed by atoms with Crippen LogP contribution in [-0.2, 0) is 4.79 Å². The summed E-state index contributed by atoms with van der Waals surface area (Å²) in [5, 5.41) is 3.55. The summed E-state index contributed by atoms with van der Waals surface area (Å²) in [5.41, 5.74) is 1.39. The van der Waals surface area contributed by atoms with Crippen LogP contribution in [0.15, 0.2) is 36.5 Å². The number of anilines is 1. The number of nitrogens with one attached hydrogen (secondary N) is 1. The van der Waals surface area contributed by atoms with Crippen LogP contribution in [0.3, 0.4) is 0 Å². The number of amides is 2. The molecule has 1 aromatic heterocycles. The standard InChI is InChI=1S/C18H17Cl2N3O2/c1-11-4-5-16(21-10-11)22-17(24)15-3-2-6-23(15)18(25)12-7-13(19)9-14(20)8-12/h4-5,7-10,15H,2-3,6H2,1H3,(H,21,22,24)/t15-/m1/s1. The molecule has 0 aliphatic carbocycles. The number of nitrogens with zero attached hydrogens (tertiary/aromatic N) is 2. The molecule has 0 saturated carbocycles. The Balaban J connectivity index is 1.76. The lowest BCUT2D eigenvalue weighted by atomic mass is 10.1. The SMILES string of the molecule is Cc1ccc(NC(=O)[C@H]2CCCN2C(=O)c2cc(Cl)cc(Cl)c2)nc1. The molecular formula is C18H17Cl2N3O2. The van der Waals surface area contributed by atoms with Crippen LogP contribution in [0.5, 0.6) is 0 Å². The first-order valence-electron chi connectivity index (χ1n) is 7.94. The predicted octanol–water partition coefficient (Wildman–Crippen LogP) is 3.94. The zero-order valence-corrected chi connectivity index (χ0v) is 15.1.